The Bertz CT molecular complexity index is 902. The maximum absolute atomic E-state index is 12.5. The highest BCUT2D eigenvalue weighted by atomic mass is 16.7. The summed E-state index contributed by atoms with van der Waals surface area (Å²) >= 11 is 0. The van der Waals surface area contributed by atoms with E-state index in [9.17, 15) is 9.59 Å². The molecule has 0 aliphatic carbocycles. The van der Waals surface area contributed by atoms with E-state index in [-0.39, 0.29) is 37.7 Å². The van der Waals surface area contributed by atoms with Gasteiger partial charge in [-0.05, 0) is 43.7 Å². The van der Waals surface area contributed by atoms with Gasteiger partial charge in [0.05, 0.1) is 25.4 Å². The monoisotopic (exact) mass is 414 g/mol. The van der Waals surface area contributed by atoms with Gasteiger partial charge in [0.2, 0.25) is 6.79 Å². The number of carbonyl (C=O) groups is 2. The molecule has 30 heavy (non-hydrogen) atoms. The van der Waals surface area contributed by atoms with E-state index < -0.39 is 0 Å². The first-order valence-corrected chi connectivity index (χ1v) is 9.95. The van der Waals surface area contributed by atoms with Crippen LogP contribution in [0.1, 0.15) is 25.5 Å². The van der Waals surface area contributed by atoms with E-state index in [0.29, 0.717) is 29.5 Å². The lowest BCUT2D eigenvalue weighted by molar-refractivity contribution is -0.881. The zero-order chi connectivity index (χ0) is 21.5. The van der Waals surface area contributed by atoms with Gasteiger partial charge in [0.25, 0.3) is 11.8 Å². The Labute approximate surface area is 176 Å². The zero-order valence-electron chi connectivity index (χ0n) is 17.5. The van der Waals surface area contributed by atoms with Crippen LogP contribution in [0, 0.1) is 0 Å². The van der Waals surface area contributed by atoms with Crippen molar-refractivity contribution in [1.29, 1.82) is 0 Å². The normalized spacial score (nSPS) is 14.0. The van der Waals surface area contributed by atoms with Gasteiger partial charge in [-0.3, -0.25) is 9.59 Å². The maximum Gasteiger partial charge on any atom is 0.279 e. The number of hydrogen-bond donors (Lipinski definition) is 3. The van der Waals surface area contributed by atoms with Gasteiger partial charge in [-0.15, -0.1) is 0 Å². The summed E-state index contributed by atoms with van der Waals surface area (Å²) < 4.78 is 16.0. The van der Waals surface area contributed by atoms with Gasteiger partial charge in [-0.25, -0.2) is 0 Å². The van der Waals surface area contributed by atoms with Crippen molar-refractivity contribution in [2.75, 3.05) is 38.9 Å². The van der Waals surface area contributed by atoms with Crippen molar-refractivity contribution in [2.45, 2.75) is 19.9 Å². The number of para-hydroxylation sites is 2. The molecule has 2 atom stereocenters. The molecule has 0 saturated heterocycles. The lowest BCUT2D eigenvalue weighted by Crippen LogP contribution is -3.14. The number of likely N-dealkylation sites (N-methyl/N-ethyl adjacent to an activating group) is 1. The predicted octanol–water partition coefficient (Wildman–Crippen LogP) is 1.14. The van der Waals surface area contributed by atoms with Gasteiger partial charge in [0.15, 0.2) is 24.6 Å². The third-order valence-corrected chi connectivity index (χ3v) is 4.98. The van der Waals surface area contributed by atoms with Crippen LogP contribution in [0.5, 0.6) is 17.2 Å². The molecule has 0 radical (unpaired) electrons. The Balaban J connectivity index is 1.52. The van der Waals surface area contributed by atoms with Crippen LogP contribution in [0.4, 0.5) is 5.69 Å². The van der Waals surface area contributed by atoms with Gasteiger partial charge < -0.3 is 29.7 Å². The summed E-state index contributed by atoms with van der Waals surface area (Å²) in [5, 5.41) is 5.83. The Hall–Kier alpha value is -3.26. The molecule has 0 aromatic heterocycles. The van der Waals surface area contributed by atoms with Crippen LogP contribution in [-0.2, 0) is 9.59 Å². The van der Waals surface area contributed by atoms with E-state index in [4.69, 9.17) is 14.2 Å². The second kappa shape index (κ2) is 9.98. The molecule has 8 heteroatoms. The summed E-state index contributed by atoms with van der Waals surface area (Å²) in [6.45, 7) is 5.09. The first-order chi connectivity index (χ1) is 14.5. The van der Waals surface area contributed by atoms with Crippen LogP contribution in [0.15, 0.2) is 42.5 Å². The van der Waals surface area contributed by atoms with Gasteiger partial charge >= 0.3 is 0 Å². The topological polar surface area (TPSA) is 90.3 Å². The minimum absolute atomic E-state index is 0.123. The smallest absolute Gasteiger partial charge is 0.279 e. The van der Waals surface area contributed by atoms with E-state index in [1.54, 1.807) is 19.2 Å². The Morgan fingerprint density at radius 2 is 1.83 bits per heavy atom. The van der Waals surface area contributed by atoms with Gasteiger partial charge in [-0.1, -0.05) is 18.2 Å². The van der Waals surface area contributed by atoms with Crippen molar-refractivity contribution < 1.29 is 28.7 Å². The van der Waals surface area contributed by atoms with Crippen molar-refractivity contribution in [2.24, 2.45) is 0 Å². The summed E-state index contributed by atoms with van der Waals surface area (Å²) in [6, 6.07) is 12.7. The zero-order valence-corrected chi connectivity index (χ0v) is 17.5. The molecule has 3 rings (SSSR count). The molecule has 3 N–H and O–H groups in total. The third kappa shape index (κ3) is 5.42. The van der Waals surface area contributed by atoms with Crippen molar-refractivity contribution in [3.05, 3.63) is 48.0 Å². The average Bonchev–Trinajstić information content (AvgIpc) is 3.21. The molecule has 2 amide bonds. The fraction of sp³-hybridized carbons (Fsp3) is 0.364. The molecule has 1 aliphatic rings. The van der Waals surface area contributed by atoms with Crippen LogP contribution in [0.3, 0.4) is 0 Å². The minimum atomic E-state index is -0.187. The number of anilines is 1. The molecule has 2 aromatic rings. The number of amides is 2. The van der Waals surface area contributed by atoms with Crippen molar-refractivity contribution in [3.8, 4) is 17.2 Å². The third-order valence-electron chi connectivity index (χ3n) is 4.98. The number of hydrogen-bond acceptors (Lipinski definition) is 5. The van der Waals surface area contributed by atoms with E-state index in [1.807, 2.05) is 44.2 Å². The molecule has 1 heterocycles. The van der Waals surface area contributed by atoms with Crippen LogP contribution in [0.2, 0.25) is 0 Å². The fourth-order valence-electron chi connectivity index (χ4n) is 3.27. The summed E-state index contributed by atoms with van der Waals surface area (Å²) in [7, 11) is 1.56. The molecule has 160 valence electrons. The molecule has 0 spiro atoms. The van der Waals surface area contributed by atoms with E-state index in [0.717, 1.165) is 10.5 Å². The fourth-order valence-corrected chi connectivity index (χ4v) is 3.27. The maximum atomic E-state index is 12.5. The molecular weight excluding hydrogens is 386 g/mol. The average molecular weight is 414 g/mol. The summed E-state index contributed by atoms with van der Waals surface area (Å²) in [6.07, 6.45) is 0. The van der Waals surface area contributed by atoms with Gasteiger partial charge in [0.1, 0.15) is 5.75 Å². The number of quaternary nitrogens is 1. The number of methoxy groups -OCH3 is 1. The molecular formula is C22H28N3O5+. The first-order valence-electron chi connectivity index (χ1n) is 9.95. The van der Waals surface area contributed by atoms with Gasteiger partial charge in [0, 0.05) is 0 Å². The molecule has 0 saturated carbocycles. The Morgan fingerprint density at radius 3 is 2.60 bits per heavy atom. The summed E-state index contributed by atoms with van der Waals surface area (Å²) in [5.74, 6) is 1.69. The van der Waals surface area contributed by atoms with E-state index in [1.165, 1.54) is 0 Å². The molecule has 0 bridgehead atoms. The van der Waals surface area contributed by atoms with Crippen molar-refractivity contribution >= 4 is 17.5 Å². The molecule has 8 nitrogen and oxygen atoms in total. The van der Waals surface area contributed by atoms with Crippen molar-refractivity contribution in [1.82, 2.24) is 5.32 Å². The molecule has 0 fully saturated rings. The van der Waals surface area contributed by atoms with E-state index in [2.05, 4.69) is 10.6 Å². The molecule has 1 aliphatic heterocycles. The van der Waals surface area contributed by atoms with Crippen LogP contribution < -0.4 is 29.7 Å². The van der Waals surface area contributed by atoms with Gasteiger partial charge in [-0.2, -0.15) is 0 Å². The number of fused-ring (bicyclic) bond motifs is 1. The number of rotatable bonds is 9. The SMILES string of the molecule is CC[NH+](CC(=O)Nc1ccccc1OC)CC(=O)N[C@@H](C)c1ccc2c(c1)OCO2. The lowest BCUT2D eigenvalue weighted by atomic mass is 10.1. The molecule has 2 aromatic carbocycles. The van der Waals surface area contributed by atoms with Crippen LogP contribution >= 0.6 is 0 Å². The highest BCUT2D eigenvalue weighted by Gasteiger charge is 2.20. The highest BCUT2D eigenvalue weighted by molar-refractivity contribution is 5.93. The Morgan fingerprint density at radius 1 is 1.10 bits per heavy atom. The lowest BCUT2D eigenvalue weighted by Gasteiger charge is -2.19. The number of benzene rings is 2. The van der Waals surface area contributed by atoms with Crippen LogP contribution in [-0.4, -0.2) is 45.4 Å². The second-order valence-corrected chi connectivity index (χ2v) is 7.11. The highest BCUT2D eigenvalue weighted by Crippen LogP contribution is 2.34. The van der Waals surface area contributed by atoms with Crippen LogP contribution in [0.25, 0.3) is 0 Å². The van der Waals surface area contributed by atoms with Crippen molar-refractivity contribution in [3.63, 3.8) is 0 Å². The largest absolute Gasteiger partial charge is 0.495 e. The second-order valence-electron chi connectivity index (χ2n) is 7.11. The summed E-state index contributed by atoms with van der Waals surface area (Å²) in [4.78, 5) is 25.8. The number of ether oxygens (including phenoxy) is 3. The first kappa shape index (κ1) is 21.4. The number of carbonyl (C=O) groups excluding carboxylic acids is 2. The predicted molar refractivity (Wildman–Crippen MR) is 112 cm³/mol. The van der Waals surface area contributed by atoms with E-state index >= 15 is 0 Å². The Kier molecular flexibility index (Phi) is 7.13. The quantitative estimate of drug-likeness (QED) is 0.573. The minimum Gasteiger partial charge on any atom is -0.495 e. The summed E-state index contributed by atoms with van der Waals surface area (Å²) in [5.41, 5.74) is 1.54. The molecule has 1 unspecified atom stereocenters. The number of nitrogens with one attached hydrogen (secondary N) is 3. The standard InChI is InChI=1S/C22H27N3O5/c1-4-25(13-22(27)24-17-7-5-6-8-18(17)28-3)12-21(26)23-15(2)16-9-10-19-20(11-16)30-14-29-19/h5-11,15H,4,12-14H2,1-3H3,(H,23,26)(H,24,27)/p+1/t15-/m0/s1.